The number of carbonyl (C=O) groups excluding carboxylic acids is 1. The molecule has 0 aliphatic carbocycles. The molecule has 5 aromatic rings. The maximum atomic E-state index is 12.6. The number of anilines is 1. The average Bonchev–Trinajstić information content (AvgIpc) is 3.30. The van der Waals surface area contributed by atoms with Gasteiger partial charge in [-0.05, 0) is 79.4 Å². The number of aromatic carboxylic acids is 1. The Morgan fingerprint density at radius 3 is 2.47 bits per heavy atom. The second kappa shape index (κ2) is 10.7. The first-order valence-electron chi connectivity index (χ1n) is 12.6. The molecule has 0 unspecified atom stereocenters. The van der Waals surface area contributed by atoms with Crippen molar-refractivity contribution in [2.24, 2.45) is 0 Å². The monoisotopic (exact) mass is 503 g/mol. The number of aromatic nitrogens is 2. The van der Waals surface area contributed by atoms with E-state index in [9.17, 15) is 14.7 Å². The zero-order valence-electron chi connectivity index (χ0n) is 21.5. The van der Waals surface area contributed by atoms with Crippen LogP contribution < -0.4 is 4.90 Å². The fourth-order valence-electron chi connectivity index (χ4n) is 4.99. The van der Waals surface area contributed by atoms with Crippen molar-refractivity contribution in [3.8, 4) is 11.1 Å². The zero-order valence-corrected chi connectivity index (χ0v) is 21.5. The first-order chi connectivity index (χ1) is 18.4. The molecule has 6 heteroatoms. The zero-order chi connectivity index (χ0) is 26.6. The van der Waals surface area contributed by atoms with Crippen LogP contribution in [0.2, 0.25) is 0 Å². The van der Waals surface area contributed by atoms with Crippen LogP contribution in [0.25, 0.3) is 16.6 Å². The lowest BCUT2D eigenvalue weighted by Crippen LogP contribution is -2.25. The van der Waals surface area contributed by atoms with Crippen molar-refractivity contribution < 1.29 is 14.7 Å². The Kier molecular flexibility index (Phi) is 7.05. The molecule has 1 N–H and O–H groups in total. The van der Waals surface area contributed by atoms with Crippen molar-refractivity contribution in [1.82, 2.24) is 9.38 Å². The van der Waals surface area contributed by atoms with Gasteiger partial charge in [0.15, 0.2) is 0 Å². The van der Waals surface area contributed by atoms with Crippen LogP contribution in [-0.4, -0.2) is 39.8 Å². The third-order valence-electron chi connectivity index (χ3n) is 6.97. The predicted molar refractivity (Wildman–Crippen MR) is 150 cm³/mol. The Balaban J connectivity index is 0.000000162. The molecule has 3 aromatic heterocycles. The molecule has 6 rings (SSSR count). The van der Waals surface area contributed by atoms with Crippen molar-refractivity contribution in [2.75, 3.05) is 18.5 Å². The number of carbonyl (C=O) groups is 2. The summed E-state index contributed by atoms with van der Waals surface area (Å²) in [5, 5.41) is 9.19. The lowest BCUT2D eigenvalue weighted by atomic mass is 9.96. The molecule has 38 heavy (non-hydrogen) atoms. The number of pyridine rings is 2. The van der Waals surface area contributed by atoms with Gasteiger partial charge >= 0.3 is 5.97 Å². The Morgan fingerprint density at radius 1 is 0.921 bits per heavy atom. The van der Waals surface area contributed by atoms with Crippen LogP contribution in [0, 0.1) is 6.92 Å². The fraction of sp³-hybridized carbons (Fsp3) is 0.156. The number of hydrogen-bond acceptors (Lipinski definition) is 4. The summed E-state index contributed by atoms with van der Waals surface area (Å²) in [4.78, 5) is 30.0. The minimum absolute atomic E-state index is 0.0147. The van der Waals surface area contributed by atoms with Gasteiger partial charge < -0.3 is 14.4 Å². The summed E-state index contributed by atoms with van der Waals surface area (Å²) in [5.41, 5.74) is 7.78. The number of carboxylic acids is 1. The van der Waals surface area contributed by atoms with Crippen molar-refractivity contribution in [3.63, 3.8) is 0 Å². The summed E-state index contributed by atoms with van der Waals surface area (Å²) < 4.78 is 2.22. The summed E-state index contributed by atoms with van der Waals surface area (Å²) in [6, 6.07) is 27.5. The van der Waals surface area contributed by atoms with Crippen LogP contribution in [-0.2, 0) is 6.42 Å². The first kappa shape index (κ1) is 25.0. The Morgan fingerprint density at radius 2 is 1.71 bits per heavy atom. The molecule has 1 aliphatic rings. The van der Waals surface area contributed by atoms with Gasteiger partial charge in [-0.15, -0.1) is 0 Å². The van der Waals surface area contributed by atoms with E-state index in [-0.39, 0.29) is 17.0 Å². The predicted octanol–water partition coefficient (Wildman–Crippen LogP) is 6.31. The highest BCUT2D eigenvalue weighted by atomic mass is 16.4. The van der Waals surface area contributed by atoms with Crippen LogP contribution in [0.3, 0.4) is 0 Å². The van der Waals surface area contributed by atoms with Crippen LogP contribution in [0.1, 0.15) is 44.1 Å². The number of aryl methyl sites for hydroxylation is 2. The molecule has 0 spiro atoms. The van der Waals surface area contributed by atoms with Gasteiger partial charge in [-0.25, -0.2) is 4.79 Å². The van der Waals surface area contributed by atoms with Crippen molar-refractivity contribution >= 4 is 23.0 Å². The third-order valence-corrected chi connectivity index (χ3v) is 6.97. The molecule has 2 aromatic carbocycles. The number of hydrogen-bond donors (Lipinski definition) is 1. The van der Waals surface area contributed by atoms with E-state index in [1.165, 1.54) is 40.7 Å². The van der Waals surface area contributed by atoms with Crippen LogP contribution >= 0.6 is 0 Å². The van der Waals surface area contributed by atoms with Crippen molar-refractivity contribution in [3.05, 3.63) is 125 Å². The van der Waals surface area contributed by atoms with E-state index in [1.807, 2.05) is 19.2 Å². The molecule has 6 nitrogen and oxygen atoms in total. The fourth-order valence-corrected chi connectivity index (χ4v) is 4.99. The Labute approximate surface area is 221 Å². The van der Waals surface area contributed by atoms with E-state index < -0.39 is 5.97 Å². The van der Waals surface area contributed by atoms with Gasteiger partial charge in [0.05, 0.1) is 5.56 Å². The smallest absolute Gasteiger partial charge is 0.338 e. The minimum atomic E-state index is -1.14. The van der Waals surface area contributed by atoms with Gasteiger partial charge in [0.1, 0.15) is 5.69 Å². The molecule has 0 fully saturated rings. The lowest BCUT2D eigenvalue weighted by Gasteiger charge is -2.27. The highest BCUT2D eigenvalue weighted by Crippen LogP contribution is 2.28. The highest BCUT2D eigenvalue weighted by molar-refractivity contribution is 6.13. The normalized spacial score (nSPS) is 12.4. The van der Waals surface area contributed by atoms with Crippen molar-refractivity contribution in [2.45, 2.75) is 19.8 Å². The summed E-state index contributed by atoms with van der Waals surface area (Å²) in [5.74, 6) is -1.50. The number of nitrogens with zero attached hydrogens (tertiary/aromatic N) is 3. The number of carboxylic acid groups (broad SMARTS) is 1. The highest BCUT2D eigenvalue weighted by Gasteiger charge is 2.21. The maximum absolute atomic E-state index is 12.6. The molecular weight excluding hydrogens is 474 g/mol. The van der Waals surface area contributed by atoms with E-state index in [0.29, 0.717) is 5.56 Å². The SMILES string of the molecule is CN1CCCc2cc(C(=O)c3ncccc3C(=O)O)ccc21.Cc1c(-c2ccccc2)cc2ccccn12. The third kappa shape index (κ3) is 4.93. The molecule has 0 saturated carbocycles. The van der Waals surface area contributed by atoms with Gasteiger partial charge in [0.2, 0.25) is 5.78 Å². The largest absolute Gasteiger partial charge is 0.478 e. The number of fused-ring (bicyclic) bond motifs is 2. The van der Waals surface area contributed by atoms with E-state index in [2.05, 4.69) is 82.0 Å². The topological polar surface area (TPSA) is 74.9 Å². The molecule has 0 saturated heterocycles. The molecule has 0 atom stereocenters. The number of ketones is 1. The van der Waals surface area contributed by atoms with Gasteiger partial charge in [-0.2, -0.15) is 0 Å². The average molecular weight is 504 g/mol. The van der Waals surface area contributed by atoms with E-state index in [1.54, 1.807) is 6.07 Å². The first-order valence-corrected chi connectivity index (χ1v) is 12.6. The Hall–Kier alpha value is -4.71. The van der Waals surface area contributed by atoms with Crippen molar-refractivity contribution in [1.29, 1.82) is 0 Å². The van der Waals surface area contributed by atoms with Gasteiger partial charge in [-0.1, -0.05) is 36.4 Å². The number of benzene rings is 2. The van der Waals surface area contributed by atoms with Gasteiger partial charge in [0.25, 0.3) is 0 Å². The summed E-state index contributed by atoms with van der Waals surface area (Å²) in [7, 11) is 2.03. The van der Waals surface area contributed by atoms with Gasteiger partial charge in [-0.3, -0.25) is 9.78 Å². The van der Waals surface area contributed by atoms with Crippen LogP contribution in [0.5, 0.6) is 0 Å². The molecule has 190 valence electrons. The molecule has 0 bridgehead atoms. The standard InChI is InChI=1S/C17H16N2O3.C15H13N/c1-19-9-3-4-11-10-12(6-7-14(11)19)16(20)15-13(17(21)22)5-2-8-18-15;1-12-15(13-7-3-2-4-8-13)11-14-9-5-6-10-16(12)14/h2,5-8,10H,3-4,9H2,1H3,(H,21,22);2-11H,1H3. The van der Waals surface area contributed by atoms with Crippen LogP contribution in [0.4, 0.5) is 5.69 Å². The van der Waals surface area contributed by atoms with E-state index in [0.717, 1.165) is 30.6 Å². The minimum Gasteiger partial charge on any atom is -0.478 e. The quantitative estimate of drug-likeness (QED) is 0.291. The summed E-state index contributed by atoms with van der Waals surface area (Å²) in [6.45, 7) is 3.17. The molecule has 4 heterocycles. The summed E-state index contributed by atoms with van der Waals surface area (Å²) >= 11 is 0. The molecule has 1 aliphatic heterocycles. The lowest BCUT2D eigenvalue weighted by molar-refractivity contribution is 0.0692. The van der Waals surface area contributed by atoms with Crippen LogP contribution in [0.15, 0.2) is 97.3 Å². The van der Waals surface area contributed by atoms with E-state index >= 15 is 0 Å². The summed E-state index contributed by atoms with van der Waals surface area (Å²) in [6.07, 6.45) is 5.52. The second-order valence-corrected chi connectivity index (χ2v) is 9.41. The molecule has 0 radical (unpaired) electrons. The van der Waals surface area contributed by atoms with E-state index in [4.69, 9.17) is 0 Å². The Bertz CT molecular complexity index is 1620. The van der Waals surface area contributed by atoms with Gasteiger partial charge in [0, 0.05) is 54.0 Å². The molecule has 0 amide bonds. The number of rotatable bonds is 4. The maximum Gasteiger partial charge on any atom is 0.338 e. The molecular formula is C32H29N3O3. The second-order valence-electron chi connectivity index (χ2n) is 9.41.